The second-order valence-electron chi connectivity index (χ2n) is 5.42. The topological polar surface area (TPSA) is 69.6 Å². The smallest absolute Gasteiger partial charge is 0.185 e. The van der Waals surface area contributed by atoms with Crippen molar-refractivity contribution < 1.29 is 4.39 Å². The molecule has 0 radical (unpaired) electrons. The molecule has 0 aliphatic heterocycles. The minimum absolute atomic E-state index is 0.0426. The fourth-order valence-electron chi connectivity index (χ4n) is 1.74. The van der Waals surface area contributed by atoms with Gasteiger partial charge in [-0.05, 0) is 40.5 Å². The summed E-state index contributed by atoms with van der Waals surface area (Å²) >= 11 is 0. The molecule has 6 heteroatoms. The van der Waals surface area contributed by atoms with Crippen molar-refractivity contribution in [2.75, 3.05) is 5.73 Å². The summed E-state index contributed by atoms with van der Waals surface area (Å²) < 4.78 is 15.5. The molecule has 1 heterocycles. The molecule has 2 N–H and O–H groups in total. The number of halogens is 1. The van der Waals surface area contributed by atoms with Crippen LogP contribution in [0.25, 0.3) is 11.4 Å². The molecule has 19 heavy (non-hydrogen) atoms. The van der Waals surface area contributed by atoms with Crippen LogP contribution in [0, 0.1) is 11.2 Å². The van der Waals surface area contributed by atoms with E-state index in [1.165, 1.54) is 12.1 Å². The normalized spacial score (nSPS) is 11.8. The van der Waals surface area contributed by atoms with E-state index in [-0.39, 0.29) is 11.2 Å². The lowest BCUT2D eigenvalue weighted by molar-refractivity contribution is 0.279. The predicted molar refractivity (Wildman–Crippen MR) is 71.7 cm³/mol. The minimum atomic E-state index is -0.375. The third kappa shape index (κ3) is 2.89. The van der Waals surface area contributed by atoms with Crippen LogP contribution in [0.1, 0.15) is 27.2 Å². The number of tetrazole rings is 1. The maximum Gasteiger partial charge on any atom is 0.185 e. The summed E-state index contributed by atoms with van der Waals surface area (Å²) in [4.78, 5) is 0. The Labute approximate surface area is 111 Å². The van der Waals surface area contributed by atoms with Crippen molar-refractivity contribution in [2.45, 2.75) is 33.7 Å². The molecule has 0 saturated carbocycles. The van der Waals surface area contributed by atoms with Gasteiger partial charge in [0.25, 0.3) is 0 Å². The number of anilines is 1. The zero-order valence-corrected chi connectivity index (χ0v) is 11.4. The fraction of sp³-hybridized carbons (Fsp3) is 0.462. The van der Waals surface area contributed by atoms with E-state index >= 15 is 0 Å². The fourth-order valence-corrected chi connectivity index (χ4v) is 1.74. The number of nitrogen functional groups attached to an aromatic ring is 1. The lowest BCUT2D eigenvalue weighted by Gasteiger charge is -2.22. The van der Waals surface area contributed by atoms with Crippen molar-refractivity contribution in [3.8, 4) is 11.4 Å². The van der Waals surface area contributed by atoms with Crippen molar-refractivity contribution in [3.63, 3.8) is 0 Å². The Hall–Kier alpha value is -1.98. The van der Waals surface area contributed by atoms with Crippen LogP contribution < -0.4 is 5.73 Å². The van der Waals surface area contributed by atoms with E-state index in [4.69, 9.17) is 5.73 Å². The first-order valence-corrected chi connectivity index (χ1v) is 6.24. The third-order valence-electron chi connectivity index (χ3n) is 3.30. The van der Waals surface area contributed by atoms with Gasteiger partial charge >= 0.3 is 0 Å². The van der Waals surface area contributed by atoms with Crippen LogP contribution in [0.15, 0.2) is 18.2 Å². The van der Waals surface area contributed by atoms with E-state index in [2.05, 4.69) is 36.3 Å². The van der Waals surface area contributed by atoms with Crippen LogP contribution in [-0.2, 0) is 6.54 Å². The first kappa shape index (κ1) is 13.5. The van der Waals surface area contributed by atoms with Gasteiger partial charge in [-0.3, -0.25) is 0 Å². The molecule has 102 valence electrons. The van der Waals surface area contributed by atoms with Gasteiger partial charge in [-0.1, -0.05) is 20.8 Å². The summed E-state index contributed by atoms with van der Waals surface area (Å²) in [6, 6.07) is 4.40. The largest absolute Gasteiger partial charge is 0.399 e. The molecule has 0 aliphatic carbocycles. The second kappa shape index (κ2) is 4.95. The molecular formula is C13H18FN5. The number of rotatable bonds is 4. The van der Waals surface area contributed by atoms with E-state index in [1.54, 1.807) is 10.7 Å². The Bertz CT molecular complexity index is 576. The summed E-state index contributed by atoms with van der Waals surface area (Å²) in [5.41, 5.74) is 6.55. The van der Waals surface area contributed by atoms with Gasteiger partial charge in [0.05, 0.1) is 12.1 Å². The summed E-state index contributed by atoms with van der Waals surface area (Å²) in [7, 11) is 0. The van der Waals surface area contributed by atoms with Crippen LogP contribution >= 0.6 is 0 Å². The molecule has 0 unspecified atom stereocenters. The molecule has 0 saturated heterocycles. The first-order chi connectivity index (χ1) is 8.93. The number of hydrogen-bond acceptors (Lipinski definition) is 4. The summed E-state index contributed by atoms with van der Waals surface area (Å²) in [5, 5.41) is 11.5. The molecule has 2 aromatic rings. The van der Waals surface area contributed by atoms with Gasteiger partial charge in [-0.25, -0.2) is 9.07 Å². The minimum Gasteiger partial charge on any atom is -0.399 e. The number of benzene rings is 1. The highest BCUT2D eigenvalue weighted by atomic mass is 19.1. The average molecular weight is 263 g/mol. The molecule has 0 bridgehead atoms. The van der Waals surface area contributed by atoms with E-state index in [0.717, 1.165) is 6.42 Å². The van der Waals surface area contributed by atoms with Crippen molar-refractivity contribution in [3.05, 3.63) is 24.0 Å². The van der Waals surface area contributed by atoms with Gasteiger partial charge in [0.2, 0.25) is 0 Å². The third-order valence-corrected chi connectivity index (χ3v) is 3.30. The Balaban J connectivity index is 2.42. The number of nitrogens with zero attached hydrogens (tertiary/aromatic N) is 4. The van der Waals surface area contributed by atoms with E-state index in [0.29, 0.717) is 23.6 Å². The number of nitrogens with two attached hydrogens (primary N) is 1. The van der Waals surface area contributed by atoms with E-state index in [9.17, 15) is 4.39 Å². The number of aromatic nitrogens is 4. The van der Waals surface area contributed by atoms with Gasteiger partial charge in [-0.15, -0.1) is 5.10 Å². The van der Waals surface area contributed by atoms with E-state index in [1.807, 2.05) is 0 Å². The molecular weight excluding hydrogens is 245 g/mol. The van der Waals surface area contributed by atoms with Crippen LogP contribution in [0.5, 0.6) is 0 Å². The molecule has 1 aromatic heterocycles. The lowest BCUT2D eigenvalue weighted by Crippen LogP contribution is -2.20. The molecule has 5 nitrogen and oxygen atoms in total. The number of hydrogen-bond donors (Lipinski definition) is 1. The summed E-state index contributed by atoms with van der Waals surface area (Å²) in [6.07, 6.45) is 0.978. The molecule has 1 aromatic carbocycles. The van der Waals surface area contributed by atoms with Gasteiger partial charge in [0.1, 0.15) is 5.82 Å². The molecule has 0 aliphatic rings. The lowest BCUT2D eigenvalue weighted by atomic mass is 9.90. The Morgan fingerprint density at radius 3 is 2.79 bits per heavy atom. The Kier molecular flexibility index (Phi) is 3.50. The van der Waals surface area contributed by atoms with Gasteiger partial charge in [-0.2, -0.15) is 0 Å². The van der Waals surface area contributed by atoms with Gasteiger partial charge < -0.3 is 5.73 Å². The zero-order valence-electron chi connectivity index (χ0n) is 11.4. The molecule has 0 amide bonds. The second-order valence-corrected chi connectivity index (χ2v) is 5.42. The maximum absolute atomic E-state index is 13.9. The highest BCUT2D eigenvalue weighted by Gasteiger charge is 2.21. The van der Waals surface area contributed by atoms with Gasteiger partial charge in [0.15, 0.2) is 5.82 Å². The SMILES string of the molecule is CCC(C)(C)Cn1nnnc1-c1cc(N)ccc1F. The van der Waals surface area contributed by atoms with Crippen molar-refractivity contribution in [1.82, 2.24) is 20.2 Å². The Morgan fingerprint density at radius 2 is 2.11 bits per heavy atom. The molecule has 2 rings (SSSR count). The summed E-state index contributed by atoms with van der Waals surface area (Å²) in [5.74, 6) is 0.0332. The Morgan fingerprint density at radius 1 is 1.37 bits per heavy atom. The van der Waals surface area contributed by atoms with E-state index < -0.39 is 0 Å². The molecule has 0 fully saturated rings. The predicted octanol–water partition coefficient (Wildman–Crippen LogP) is 2.50. The van der Waals surface area contributed by atoms with Crippen LogP contribution in [-0.4, -0.2) is 20.2 Å². The van der Waals surface area contributed by atoms with Crippen molar-refractivity contribution >= 4 is 5.69 Å². The average Bonchev–Trinajstić information content (AvgIpc) is 2.79. The molecule has 0 atom stereocenters. The summed E-state index contributed by atoms with van der Waals surface area (Å²) in [6.45, 7) is 6.97. The standard InChI is InChI=1S/C13H18FN5/c1-4-13(2,3)8-19-12(16-17-18-19)10-7-9(15)5-6-11(10)14/h5-7H,4,8,15H2,1-3H3. The van der Waals surface area contributed by atoms with Crippen LogP contribution in [0.4, 0.5) is 10.1 Å². The highest BCUT2D eigenvalue weighted by molar-refractivity contribution is 5.61. The van der Waals surface area contributed by atoms with Crippen molar-refractivity contribution in [2.24, 2.45) is 5.41 Å². The van der Waals surface area contributed by atoms with Crippen molar-refractivity contribution in [1.29, 1.82) is 0 Å². The quantitative estimate of drug-likeness (QED) is 0.860. The zero-order chi connectivity index (χ0) is 14.0. The van der Waals surface area contributed by atoms with Gasteiger partial charge in [0, 0.05) is 5.69 Å². The van der Waals surface area contributed by atoms with Crippen LogP contribution in [0.3, 0.4) is 0 Å². The highest BCUT2D eigenvalue weighted by Crippen LogP contribution is 2.27. The first-order valence-electron chi connectivity index (χ1n) is 6.24. The molecule has 0 spiro atoms. The maximum atomic E-state index is 13.9. The monoisotopic (exact) mass is 263 g/mol. The van der Waals surface area contributed by atoms with Crippen LogP contribution in [0.2, 0.25) is 0 Å².